The molecule has 0 aromatic heterocycles. The van der Waals surface area contributed by atoms with Crippen molar-refractivity contribution in [2.45, 2.75) is 18.9 Å². The Kier molecular flexibility index (Phi) is 3.03. The Morgan fingerprint density at radius 2 is 2.19 bits per heavy atom. The van der Waals surface area contributed by atoms with Gasteiger partial charge in [0.25, 0.3) is 5.91 Å². The first kappa shape index (κ1) is 10.9. The zero-order valence-electron chi connectivity index (χ0n) is 8.50. The van der Waals surface area contributed by atoms with E-state index in [9.17, 15) is 13.6 Å². The molecule has 0 bridgehead atoms. The number of rotatable bonds is 4. The zero-order valence-corrected chi connectivity index (χ0v) is 8.50. The van der Waals surface area contributed by atoms with E-state index in [0.29, 0.717) is 6.07 Å². The number of amides is 1. The van der Waals surface area contributed by atoms with E-state index in [0.717, 1.165) is 25.0 Å². The van der Waals surface area contributed by atoms with E-state index in [1.165, 1.54) is 0 Å². The molecule has 1 fully saturated rings. The molecule has 3 nitrogen and oxygen atoms in total. The summed E-state index contributed by atoms with van der Waals surface area (Å²) in [7, 11) is 0. The SMILES string of the molecule is O=C(COc1ccc(F)cc1F)NC1CC1. The molecule has 0 radical (unpaired) electrons. The van der Waals surface area contributed by atoms with Gasteiger partial charge in [-0.15, -0.1) is 0 Å². The summed E-state index contributed by atoms with van der Waals surface area (Å²) in [5.41, 5.74) is 0. The molecule has 5 heteroatoms. The van der Waals surface area contributed by atoms with Gasteiger partial charge in [-0.3, -0.25) is 4.79 Å². The van der Waals surface area contributed by atoms with Crippen molar-refractivity contribution in [3.05, 3.63) is 29.8 Å². The van der Waals surface area contributed by atoms with Crippen LogP contribution in [0.5, 0.6) is 5.75 Å². The van der Waals surface area contributed by atoms with Gasteiger partial charge in [0, 0.05) is 12.1 Å². The molecule has 0 saturated heterocycles. The lowest BCUT2D eigenvalue weighted by Gasteiger charge is -2.07. The topological polar surface area (TPSA) is 38.3 Å². The molecule has 1 saturated carbocycles. The minimum absolute atomic E-state index is 0.118. The van der Waals surface area contributed by atoms with Crippen LogP contribution in [0.4, 0.5) is 8.78 Å². The van der Waals surface area contributed by atoms with Crippen LogP contribution in [0.2, 0.25) is 0 Å². The van der Waals surface area contributed by atoms with Crippen LogP contribution in [0.15, 0.2) is 18.2 Å². The van der Waals surface area contributed by atoms with Crippen molar-refractivity contribution in [3.8, 4) is 5.75 Å². The van der Waals surface area contributed by atoms with Crippen LogP contribution in [-0.4, -0.2) is 18.6 Å². The standard InChI is InChI=1S/C11H11F2NO2/c12-7-1-4-10(9(13)5-7)16-6-11(15)14-8-2-3-8/h1,4-5,8H,2-3,6H2,(H,14,15). The molecule has 2 rings (SSSR count). The largest absolute Gasteiger partial charge is 0.481 e. The van der Waals surface area contributed by atoms with Crippen molar-refractivity contribution in [1.82, 2.24) is 5.32 Å². The summed E-state index contributed by atoms with van der Waals surface area (Å²) in [5.74, 6) is -1.88. The second-order valence-electron chi connectivity index (χ2n) is 3.71. The Balaban J connectivity index is 1.85. The number of ether oxygens (including phenoxy) is 1. The predicted molar refractivity (Wildman–Crippen MR) is 53.0 cm³/mol. The van der Waals surface area contributed by atoms with Gasteiger partial charge in [-0.1, -0.05) is 0 Å². The third kappa shape index (κ3) is 2.92. The molecule has 1 aliphatic carbocycles. The lowest BCUT2D eigenvalue weighted by Crippen LogP contribution is -2.30. The molecule has 0 atom stereocenters. The monoisotopic (exact) mass is 227 g/mol. The van der Waals surface area contributed by atoms with Gasteiger partial charge < -0.3 is 10.1 Å². The lowest BCUT2D eigenvalue weighted by atomic mass is 10.3. The number of hydrogen-bond donors (Lipinski definition) is 1. The van der Waals surface area contributed by atoms with E-state index in [1.807, 2.05) is 0 Å². The Morgan fingerprint density at radius 1 is 1.44 bits per heavy atom. The molecular formula is C11H11F2NO2. The molecule has 86 valence electrons. The number of hydrogen-bond acceptors (Lipinski definition) is 2. The molecule has 0 spiro atoms. The summed E-state index contributed by atoms with van der Waals surface area (Å²) in [6.45, 7) is -0.251. The van der Waals surface area contributed by atoms with Crippen LogP contribution in [-0.2, 0) is 4.79 Å². The summed E-state index contributed by atoms with van der Waals surface area (Å²) in [5, 5.41) is 2.69. The highest BCUT2D eigenvalue weighted by atomic mass is 19.1. The van der Waals surface area contributed by atoms with Gasteiger partial charge in [-0.25, -0.2) is 8.78 Å². The number of carbonyl (C=O) groups excluding carboxylic acids is 1. The third-order valence-electron chi connectivity index (χ3n) is 2.20. The van der Waals surface area contributed by atoms with Gasteiger partial charge in [0.2, 0.25) is 0 Å². The van der Waals surface area contributed by atoms with Gasteiger partial charge >= 0.3 is 0 Å². The van der Waals surface area contributed by atoms with Crippen molar-refractivity contribution in [2.24, 2.45) is 0 Å². The molecular weight excluding hydrogens is 216 g/mol. The van der Waals surface area contributed by atoms with Crippen molar-refractivity contribution in [2.75, 3.05) is 6.61 Å². The Morgan fingerprint density at radius 3 is 2.81 bits per heavy atom. The van der Waals surface area contributed by atoms with Crippen molar-refractivity contribution < 1.29 is 18.3 Å². The quantitative estimate of drug-likeness (QED) is 0.848. The maximum Gasteiger partial charge on any atom is 0.258 e. The maximum atomic E-state index is 13.1. The normalized spacial score (nSPS) is 14.6. The first-order valence-electron chi connectivity index (χ1n) is 5.02. The summed E-state index contributed by atoms with van der Waals surface area (Å²) in [6, 6.07) is 3.20. The Labute approximate surface area is 91.4 Å². The highest BCUT2D eigenvalue weighted by molar-refractivity contribution is 5.78. The molecule has 1 amide bonds. The minimum atomic E-state index is -0.806. The lowest BCUT2D eigenvalue weighted by molar-refractivity contribution is -0.123. The molecule has 1 aromatic carbocycles. The fourth-order valence-corrected chi connectivity index (χ4v) is 1.23. The van der Waals surface area contributed by atoms with Gasteiger partial charge in [-0.05, 0) is 25.0 Å². The average molecular weight is 227 g/mol. The van der Waals surface area contributed by atoms with Crippen molar-refractivity contribution >= 4 is 5.91 Å². The summed E-state index contributed by atoms with van der Waals surface area (Å²) in [4.78, 5) is 11.2. The van der Waals surface area contributed by atoms with Gasteiger partial charge in [0.05, 0.1) is 0 Å². The van der Waals surface area contributed by atoms with Gasteiger partial charge in [0.1, 0.15) is 5.82 Å². The number of carbonyl (C=O) groups is 1. The van der Waals surface area contributed by atoms with E-state index in [1.54, 1.807) is 0 Å². The third-order valence-corrected chi connectivity index (χ3v) is 2.20. The summed E-state index contributed by atoms with van der Waals surface area (Å²) < 4.78 is 30.6. The van der Waals surface area contributed by atoms with Crippen LogP contribution in [0.1, 0.15) is 12.8 Å². The summed E-state index contributed by atoms with van der Waals surface area (Å²) >= 11 is 0. The van der Waals surface area contributed by atoms with Crippen LogP contribution in [0.3, 0.4) is 0 Å². The number of halogens is 2. The molecule has 0 aliphatic heterocycles. The Bertz CT molecular complexity index is 405. The van der Waals surface area contributed by atoms with Gasteiger partial charge in [0.15, 0.2) is 18.2 Å². The predicted octanol–water partition coefficient (Wildman–Crippen LogP) is 1.62. The fourth-order valence-electron chi connectivity index (χ4n) is 1.23. The molecule has 1 aliphatic rings. The molecule has 0 unspecified atom stereocenters. The van der Waals surface area contributed by atoms with Crippen molar-refractivity contribution in [1.29, 1.82) is 0 Å². The zero-order chi connectivity index (χ0) is 11.5. The molecule has 1 aromatic rings. The second kappa shape index (κ2) is 4.47. The fraction of sp³-hybridized carbons (Fsp3) is 0.364. The van der Waals surface area contributed by atoms with Crippen LogP contribution < -0.4 is 10.1 Å². The van der Waals surface area contributed by atoms with E-state index in [4.69, 9.17) is 4.74 Å². The first-order chi connectivity index (χ1) is 7.65. The van der Waals surface area contributed by atoms with E-state index >= 15 is 0 Å². The minimum Gasteiger partial charge on any atom is -0.481 e. The van der Waals surface area contributed by atoms with Crippen LogP contribution in [0, 0.1) is 11.6 Å². The Hall–Kier alpha value is -1.65. The average Bonchev–Trinajstić information content (AvgIpc) is 3.00. The van der Waals surface area contributed by atoms with Crippen LogP contribution >= 0.6 is 0 Å². The second-order valence-corrected chi connectivity index (χ2v) is 3.71. The molecule has 16 heavy (non-hydrogen) atoms. The van der Waals surface area contributed by atoms with Crippen molar-refractivity contribution in [3.63, 3.8) is 0 Å². The smallest absolute Gasteiger partial charge is 0.258 e. The van der Waals surface area contributed by atoms with Crippen LogP contribution in [0.25, 0.3) is 0 Å². The van der Waals surface area contributed by atoms with Gasteiger partial charge in [-0.2, -0.15) is 0 Å². The molecule has 0 heterocycles. The van der Waals surface area contributed by atoms with E-state index in [-0.39, 0.29) is 24.3 Å². The number of nitrogens with one attached hydrogen (secondary N) is 1. The highest BCUT2D eigenvalue weighted by Gasteiger charge is 2.23. The van der Waals surface area contributed by atoms with E-state index in [2.05, 4.69) is 5.32 Å². The molecule has 1 N–H and O–H groups in total. The highest BCUT2D eigenvalue weighted by Crippen LogP contribution is 2.19. The van der Waals surface area contributed by atoms with E-state index < -0.39 is 11.6 Å². The number of benzene rings is 1. The summed E-state index contributed by atoms with van der Waals surface area (Å²) in [6.07, 6.45) is 1.97. The first-order valence-corrected chi connectivity index (χ1v) is 5.02. The maximum absolute atomic E-state index is 13.1.